The lowest BCUT2D eigenvalue weighted by atomic mass is 10.2. The lowest BCUT2D eigenvalue weighted by Gasteiger charge is -2.11. The number of benzene rings is 2. The summed E-state index contributed by atoms with van der Waals surface area (Å²) in [6, 6.07) is 17.8. The summed E-state index contributed by atoms with van der Waals surface area (Å²) in [5.74, 6) is 1.68. The molecule has 0 amide bonds. The first-order valence-electron chi connectivity index (χ1n) is 9.94. The van der Waals surface area contributed by atoms with Crippen molar-refractivity contribution >= 4 is 34.4 Å². The number of carbonyl (C=O) groups is 1. The fraction of sp³-hybridized carbons (Fsp3) is 0.130. The van der Waals surface area contributed by atoms with Gasteiger partial charge in [0.15, 0.2) is 5.16 Å². The van der Waals surface area contributed by atoms with Crippen LogP contribution in [0.5, 0.6) is 5.75 Å². The number of esters is 1. The molecule has 9 nitrogen and oxygen atoms in total. The highest BCUT2D eigenvalue weighted by Gasteiger charge is 2.19. The van der Waals surface area contributed by atoms with Gasteiger partial charge in [-0.25, -0.2) is 9.36 Å². The minimum Gasteiger partial charge on any atom is -0.497 e. The third-order valence-corrected chi connectivity index (χ3v) is 6.07. The first kappa shape index (κ1) is 20.8. The second kappa shape index (κ2) is 8.47. The molecule has 3 heterocycles. The van der Waals surface area contributed by atoms with Gasteiger partial charge < -0.3 is 13.9 Å². The van der Waals surface area contributed by atoms with Crippen LogP contribution in [0.1, 0.15) is 16.3 Å². The second-order valence-corrected chi connectivity index (χ2v) is 7.96. The SMILES string of the molecule is COC(=O)c1ccc(CSc2nnc3n(-c4ccc(OC)cc4)c(=O)c4ccccc4n23)o1. The summed E-state index contributed by atoms with van der Waals surface area (Å²) < 4.78 is 18.8. The zero-order chi connectivity index (χ0) is 22.9. The Kier molecular flexibility index (Phi) is 5.35. The summed E-state index contributed by atoms with van der Waals surface area (Å²) in [6.45, 7) is 0. The molecule has 5 rings (SSSR count). The van der Waals surface area contributed by atoms with Crippen LogP contribution in [0.15, 0.2) is 75.0 Å². The zero-order valence-electron chi connectivity index (χ0n) is 17.7. The Morgan fingerprint density at radius 2 is 1.82 bits per heavy atom. The van der Waals surface area contributed by atoms with E-state index in [-0.39, 0.29) is 11.3 Å². The van der Waals surface area contributed by atoms with E-state index >= 15 is 0 Å². The standard InChI is InChI=1S/C23H18N4O5S/c1-30-15-9-7-14(8-10-15)26-20(28)17-5-3-4-6-18(17)27-22(26)24-25-23(27)33-13-16-11-12-19(32-16)21(29)31-2/h3-12H,13H2,1-2H3. The van der Waals surface area contributed by atoms with Crippen molar-refractivity contribution in [1.29, 1.82) is 0 Å². The van der Waals surface area contributed by atoms with E-state index in [1.165, 1.54) is 23.4 Å². The van der Waals surface area contributed by atoms with Crippen LogP contribution in [-0.2, 0) is 10.5 Å². The van der Waals surface area contributed by atoms with Crippen molar-refractivity contribution < 1.29 is 18.7 Å². The van der Waals surface area contributed by atoms with Crippen LogP contribution < -0.4 is 10.3 Å². The summed E-state index contributed by atoms with van der Waals surface area (Å²) >= 11 is 1.38. The largest absolute Gasteiger partial charge is 0.497 e. The summed E-state index contributed by atoms with van der Waals surface area (Å²) in [5.41, 5.74) is 1.15. The molecule has 166 valence electrons. The highest BCUT2D eigenvalue weighted by Crippen LogP contribution is 2.27. The quantitative estimate of drug-likeness (QED) is 0.278. The van der Waals surface area contributed by atoms with Gasteiger partial charge in [-0.3, -0.25) is 9.20 Å². The molecular weight excluding hydrogens is 444 g/mol. The molecule has 0 atom stereocenters. The monoisotopic (exact) mass is 462 g/mol. The van der Waals surface area contributed by atoms with E-state index in [1.54, 1.807) is 49.6 Å². The Labute approximate surface area is 191 Å². The predicted molar refractivity (Wildman–Crippen MR) is 122 cm³/mol. The zero-order valence-corrected chi connectivity index (χ0v) is 18.5. The number of ether oxygens (including phenoxy) is 2. The van der Waals surface area contributed by atoms with Crippen LogP contribution in [-0.4, -0.2) is 39.4 Å². The summed E-state index contributed by atoms with van der Waals surface area (Å²) in [5, 5.41) is 9.78. The van der Waals surface area contributed by atoms with Gasteiger partial charge in [-0.15, -0.1) is 10.2 Å². The summed E-state index contributed by atoms with van der Waals surface area (Å²) in [4.78, 5) is 25.0. The van der Waals surface area contributed by atoms with Gasteiger partial charge in [0, 0.05) is 0 Å². The molecule has 2 aromatic carbocycles. The van der Waals surface area contributed by atoms with Crippen LogP contribution in [0.3, 0.4) is 0 Å². The molecule has 0 saturated heterocycles. The Bertz CT molecular complexity index is 1530. The van der Waals surface area contributed by atoms with Gasteiger partial charge in [-0.2, -0.15) is 0 Å². The molecule has 3 aromatic heterocycles. The van der Waals surface area contributed by atoms with Crippen molar-refractivity contribution in [1.82, 2.24) is 19.2 Å². The molecule has 10 heteroatoms. The van der Waals surface area contributed by atoms with Crippen molar-refractivity contribution in [2.45, 2.75) is 10.9 Å². The molecule has 0 unspecified atom stereocenters. The number of hydrogen-bond acceptors (Lipinski definition) is 8. The van der Waals surface area contributed by atoms with Crippen LogP contribution in [0.25, 0.3) is 22.4 Å². The maximum Gasteiger partial charge on any atom is 0.373 e. The van der Waals surface area contributed by atoms with Gasteiger partial charge in [0.25, 0.3) is 5.56 Å². The summed E-state index contributed by atoms with van der Waals surface area (Å²) in [7, 11) is 2.89. The molecular formula is C23H18N4O5S. The highest BCUT2D eigenvalue weighted by atomic mass is 32.2. The molecule has 0 radical (unpaired) electrons. The van der Waals surface area contributed by atoms with Gasteiger partial charge in [0.2, 0.25) is 11.5 Å². The van der Waals surface area contributed by atoms with E-state index in [9.17, 15) is 9.59 Å². The molecule has 0 bridgehead atoms. The van der Waals surface area contributed by atoms with Crippen molar-refractivity contribution in [3.8, 4) is 11.4 Å². The van der Waals surface area contributed by atoms with Gasteiger partial charge in [-0.05, 0) is 48.5 Å². The number of thioether (sulfide) groups is 1. The number of furan rings is 1. The minimum atomic E-state index is -0.534. The molecule has 0 fully saturated rings. The Morgan fingerprint density at radius 1 is 1.03 bits per heavy atom. The van der Waals surface area contributed by atoms with Crippen molar-refractivity contribution in [2.24, 2.45) is 0 Å². The van der Waals surface area contributed by atoms with Gasteiger partial charge >= 0.3 is 5.97 Å². The number of aromatic nitrogens is 4. The fourth-order valence-electron chi connectivity index (χ4n) is 3.54. The van der Waals surface area contributed by atoms with E-state index in [2.05, 4.69) is 14.9 Å². The van der Waals surface area contributed by atoms with Crippen LogP contribution in [0, 0.1) is 0 Å². The number of rotatable bonds is 6. The number of nitrogens with zero attached hydrogens (tertiary/aromatic N) is 4. The fourth-order valence-corrected chi connectivity index (χ4v) is 4.37. The molecule has 0 N–H and O–H groups in total. The summed E-state index contributed by atoms with van der Waals surface area (Å²) in [6.07, 6.45) is 0. The number of hydrogen-bond donors (Lipinski definition) is 0. The van der Waals surface area contributed by atoms with Crippen LogP contribution in [0.2, 0.25) is 0 Å². The highest BCUT2D eigenvalue weighted by molar-refractivity contribution is 7.98. The van der Waals surface area contributed by atoms with E-state index in [0.29, 0.717) is 44.8 Å². The smallest absolute Gasteiger partial charge is 0.373 e. The molecule has 0 saturated carbocycles. The minimum absolute atomic E-state index is 0.137. The molecule has 0 aliphatic carbocycles. The van der Waals surface area contributed by atoms with E-state index in [0.717, 1.165) is 0 Å². The van der Waals surface area contributed by atoms with Gasteiger partial charge in [0.05, 0.1) is 36.6 Å². The normalized spacial score (nSPS) is 11.2. The van der Waals surface area contributed by atoms with Crippen molar-refractivity contribution in [2.75, 3.05) is 14.2 Å². The second-order valence-electron chi connectivity index (χ2n) is 7.02. The molecule has 0 aliphatic heterocycles. The average Bonchev–Trinajstić information content (AvgIpc) is 3.50. The molecule has 33 heavy (non-hydrogen) atoms. The van der Waals surface area contributed by atoms with Gasteiger partial charge in [0.1, 0.15) is 11.5 Å². The topological polar surface area (TPSA) is 101 Å². The third kappa shape index (κ3) is 3.64. The van der Waals surface area contributed by atoms with Crippen molar-refractivity contribution in [3.63, 3.8) is 0 Å². The van der Waals surface area contributed by atoms with Crippen LogP contribution in [0.4, 0.5) is 0 Å². The number of carbonyl (C=O) groups excluding carboxylic acids is 1. The maximum absolute atomic E-state index is 13.4. The molecule has 5 aromatic rings. The van der Waals surface area contributed by atoms with E-state index in [1.807, 2.05) is 22.6 Å². The van der Waals surface area contributed by atoms with Gasteiger partial charge in [-0.1, -0.05) is 23.9 Å². The Morgan fingerprint density at radius 3 is 2.58 bits per heavy atom. The third-order valence-electron chi connectivity index (χ3n) is 5.12. The molecule has 0 spiro atoms. The lowest BCUT2D eigenvalue weighted by Crippen LogP contribution is -2.21. The van der Waals surface area contributed by atoms with Crippen LogP contribution >= 0.6 is 11.8 Å². The average molecular weight is 462 g/mol. The van der Waals surface area contributed by atoms with E-state index < -0.39 is 5.97 Å². The Balaban J connectivity index is 1.61. The number of methoxy groups -OCH3 is 2. The number of fused-ring (bicyclic) bond motifs is 3. The lowest BCUT2D eigenvalue weighted by molar-refractivity contribution is 0.0563. The first-order chi connectivity index (χ1) is 16.1. The number of para-hydroxylation sites is 1. The molecule has 0 aliphatic rings. The van der Waals surface area contributed by atoms with E-state index in [4.69, 9.17) is 9.15 Å². The first-order valence-corrected chi connectivity index (χ1v) is 10.9. The maximum atomic E-state index is 13.4. The predicted octanol–water partition coefficient (Wildman–Crippen LogP) is 3.71. The van der Waals surface area contributed by atoms with Crippen molar-refractivity contribution in [3.05, 3.63) is 82.5 Å². The Hall–Kier alpha value is -4.05.